The minimum atomic E-state index is -0.234. The number of rotatable bonds is 3. The average Bonchev–Trinajstić information content (AvgIpc) is 3.29. The number of nitrogens with one attached hydrogen (secondary N) is 1. The third-order valence-electron chi connectivity index (χ3n) is 6.91. The summed E-state index contributed by atoms with van der Waals surface area (Å²) in [5.74, 6) is 2.09. The first-order valence-corrected chi connectivity index (χ1v) is 13.3. The highest BCUT2D eigenvalue weighted by molar-refractivity contribution is 6.51. The summed E-state index contributed by atoms with van der Waals surface area (Å²) in [5, 5.41) is 9.80. The summed E-state index contributed by atoms with van der Waals surface area (Å²) in [4.78, 5) is 12.5. The number of amidine groups is 2. The molecule has 3 heterocycles. The van der Waals surface area contributed by atoms with Gasteiger partial charge in [0.1, 0.15) is 0 Å². The van der Waals surface area contributed by atoms with E-state index in [1.54, 1.807) is 0 Å². The van der Waals surface area contributed by atoms with E-state index in [0.717, 1.165) is 45.4 Å². The first kappa shape index (κ1) is 23.7. The van der Waals surface area contributed by atoms with Gasteiger partial charge in [0.05, 0.1) is 28.8 Å². The van der Waals surface area contributed by atoms with Gasteiger partial charge in [-0.2, -0.15) is 5.10 Å². The largest absolute Gasteiger partial charge is 0.337 e. The van der Waals surface area contributed by atoms with Crippen molar-refractivity contribution in [1.82, 2.24) is 9.78 Å². The molecule has 6 nitrogen and oxygen atoms in total. The number of halogens is 2. The lowest BCUT2D eigenvalue weighted by atomic mass is 9.93. The molecular formula is C31H22Cl2N6. The summed E-state index contributed by atoms with van der Waals surface area (Å²) in [6.07, 6.45) is 0. The van der Waals surface area contributed by atoms with Gasteiger partial charge in [-0.1, -0.05) is 65.7 Å². The Kier molecular flexibility index (Phi) is 5.72. The molecule has 39 heavy (non-hydrogen) atoms. The van der Waals surface area contributed by atoms with Gasteiger partial charge in [-0.05, 0) is 73.2 Å². The molecule has 0 radical (unpaired) electrons. The number of hydrogen-bond donors (Lipinski definition) is 1. The molecular weight excluding hydrogens is 527 g/mol. The Bertz CT molecular complexity index is 1770. The molecule has 0 bridgehead atoms. The van der Waals surface area contributed by atoms with E-state index in [1.807, 2.05) is 103 Å². The third-order valence-corrected chi connectivity index (χ3v) is 7.40. The molecule has 190 valence electrons. The maximum Gasteiger partial charge on any atom is 0.179 e. The minimum absolute atomic E-state index is 0.234. The van der Waals surface area contributed by atoms with Crippen LogP contribution in [-0.4, -0.2) is 21.5 Å². The Morgan fingerprint density at radius 1 is 0.769 bits per heavy atom. The van der Waals surface area contributed by atoms with Crippen LogP contribution >= 0.6 is 23.2 Å². The molecule has 1 atom stereocenters. The molecule has 5 aromatic rings. The van der Waals surface area contributed by atoms with Crippen molar-refractivity contribution in [3.05, 3.63) is 130 Å². The van der Waals surface area contributed by atoms with Crippen molar-refractivity contribution in [2.75, 3.05) is 10.2 Å². The maximum absolute atomic E-state index is 6.54. The third kappa shape index (κ3) is 4.09. The molecule has 1 aromatic heterocycles. The Morgan fingerprint density at radius 2 is 1.54 bits per heavy atom. The highest BCUT2D eigenvalue weighted by Gasteiger charge is 2.41. The van der Waals surface area contributed by atoms with Crippen LogP contribution in [0.5, 0.6) is 0 Å². The summed E-state index contributed by atoms with van der Waals surface area (Å²) >= 11 is 12.7. The summed E-state index contributed by atoms with van der Waals surface area (Å²) in [6, 6.07) is 33.5. The van der Waals surface area contributed by atoms with Crippen molar-refractivity contribution in [3.63, 3.8) is 0 Å². The number of aryl methyl sites for hydroxylation is 1. The topological polar surface area (TPSA) is 57.8 Å². The zero-order valence-corrected chi connectivity index (χ0v) is 22.4. The van der Waals surface area contributed by atoms with Crippen LogP contribution in [0.15, 0.2) is 113 Å². The van der Waals surface area contributed by atoms with E-state index in [-0.39, 0.29) is 6.04 Å². The zero-order chi connectivity index (χ0) is 26.5. The monoisotopic (exact) mass is 548 g/mol. The summed E-state index contributed by atoms with van der Waals surface area (Å²) in [6.45, 7) is 2.03. The first-order chi connectivity index (χ1) is 19.1. The van der Waals surface area contributed by atoms with E-state index in [9.17, 15) is 0 Å². The Morgan fingerprint density at radius 3 is 2.33 bits per heavy atom. The fraction of sp³-hybridized carbons (Fsp3) is 0.0645. The van der Waals surface area contributed by atoms with Crippen molar-refractivity contribution in [1.29, 1.82) is 0 Å². The van der Waals surface area contributed by atoms with Gasteiger partial charge in [0.15, 0.2) is 17.5 Å². The van der Waals surface area contributed by atoms with E-state index in [4.69, 9.17) is 38.3 Å². The van der Waals surface area contributed by atoms with E-state index >= 15 is 0 Å². The van der Waals surface area contributed by atoms with E-state index in [1.165, 1.54) is 0 Å². The van der Waals surface area contributed by atoms with Crippen molar-refractivity contribution < 1.29 is 0 Å². The summed E-state index contributed by atoms with van der Waals surface area (Å²) < 4.78 is 1.91. The fourth-order valence-corrected chi connectivity index (χ4v) is 5.53. The lowest BCUT2D eigenvalue weighted by Gasteiger charge is -2.40. The highest BCUT2D eigenvalue weighted by Crippen LogP contribution is 2.48. The van der Waals surface area contributed by atoms with Crippen LogP contribution in [0, 0.1) is 6.92 Å². The van der Waals surface area contributed by atoms with Gasteiger partial charge in [-0.3, -0.25) is 0 Å². The fourth-order valence-electron chi connectivity index (χ4n) is 5.21. The molecule has 0 amide bonds. The standard InChI is InChI=1S/C31H22Cl2N6/c1-19-27-28(20-8-7-9-22(33)18-20)38-26-13-6-5-12-25(26)35-29(34-23-16-14-21(32)15-17-23)31(38)36-30(27)39(37-19)24-10-3-2-4-11-24/h2-18,28H,1H3,(H,34,35). The second-order valence-electron chi connectivity index (χ2n) is 9.41. The van der Waals surface area contributed by atoms with Crippen molar-refractivity contribution in [2.24, 2.45) is 9.98 Å². The number of aliphatic imine (C=N–C) groups is 2. The predicted molar refractivity (Wildman–Crippen MR) is 160 cm³/mol. The number of anilines is 2. The SMILES string of the molecule is Cc1nn(-c2ccccc2)c2c1C(c1cccc(Cl)c1)N1C(=N2)C(Nc2ccc(Cl)cc2)=Nc2ccccc21. The van der Waals surface area contributed by atoms with Crippen molar-refractivity contribution in [2.45, 2.75) is 13.0 Å². The lowest BCUT2D eigenvalue weighted by molar-refractivity contribution is 0.815. The van der Waals surface area contributed by atoms with Crippen molar-refractivity contribution >= 4 is 57.8 Å². The number of fused-ring (bicyclic) bond motifs is 4. The molecule has 4 aromatic carbocycles. The second-order valence-corrected chi connectivity index (χ2v) is 10.3. The number of aromatic nitrogens is 2. The molecule has 1 N–H and O–H groups in total. The summed E-state index contributed by atoms with van der Waals surface area (Å²) in [7, 11) is 0. The van der Waals surface area contributed by atoms with Gasteiger partial charge in [-0.15, -0.1) is 0 Å². The van der Waals surface area contributed by atoms with Crippen LogP contribution in [0.3, 0.4) is 0 Å². The summed E-state index contributed by atoms with van der Waals surface area (Å²) in [5.41, 5.74) is 6.55. The molecule has 0 saturated carbocycles. The maximum atomic E-state index is 6.54. The number of benzene rings is 4. The van der Waals surface area contributed by atoms with Crippen LogP contribution in [0.25, 0.3) is 5.69 Å². The average molecular weight is 549 g/mol. The molecule has 8 heteroatoms. The van der Waals surface area contributed by atoms with Gasteiger partial charge >= 0.3 is 0 Å². The molecule has 0 spiro atoms. The van der Waals surface area contributed by atoms with Crippen molar-refractivity contribution in [3.8, 4) is 5.69 Å². The highest BCUT2D eigenvalue weighted by atomic mass is 35.5. The number of para-hydroxylation sites is 3. The minimum Gasteiger partial charge on any atom is -0.337 e. The Hall–Kier alpha value is -4.39. The molecule has 7 rings (SSSR count). The molecule has 0 fully saturated rings. The smallest absolute Gasteiger partial charge is 0.179 e. The molecule has 0 saturated heterocycles. The zero-order valence-electron chi connectivity index (χ0n) is 20.9. The number of nitrogens with zero attached hydrogens (tertiary/aromatic N) is 5. The lowest BCUT2D eigenvalue weighted by Crippen LogP contribution is -2.46. The van der Waals surface area contributed by atoms with Crippen LogP contribution in [-0.2, 0) is 0 Å². The number of hydrogen-bond acceptors (Lipinski definition) is 5. The molecule has 1 unspecified atom stereocenters. The van der Waals surface area contributed by atoms with Gasteiger partial charge in [0.2, 0.25) is 0 Å². The van der Waals surface area contributed by atoms with Crippen LogP contribution in [0.4, 0.5) is 22.9 Å². The predicted octanol–water partition coefficient (Wildman–Crippen LogP) is 8.28. The Labute approximate surface area is 235 Å². The van der Waals surface area contributed by atoms with E-state index < -0.39 is 0 Å². The van der Waals surface area contributed by atoms with Gasteiger partial charge in [0, 0.05) is 21.3 Å². The molecule has 2 aliphatic heterocycles. The van der Waals surface area contributed by atoms with Crippen LogP contribution in [0.1, 0.15) is 22.9 Å². The normalized spacial score (nSPS) is 15.6. The quantitative estimate of drug-likeness (QED) is 0.246. The van der Waals surface area contributed by atoms with Gasteiger partial charge in [0.25, 0.3) is 0 Å². The Balaban J connectivity index is 1.50. The molecule has 2 aliphatic rings. The molecule has 0 aliphatic carbocycles. The second kappa shape index (κ2) is 9.42. The van der Waals surface area contributed by atoms with Gasteiger partial charge in [-0.25, -0.2) is 14.7 Å². The van der Waals surface area contributed by atoms with Crippen LogP contribution < -0.4 is 10.2 Å². The van der Waals surface area contributed by atoms with Crippen LogP contribution in [0.2, 0.25) is 10.0 Å². The van der Waals surface area contributed by atoms with E-state index in [2.05, 4.69) is 22.3 Å². The van der Waals surface area contributed by atoms with E-state index in [0.29, 0.717) is 21.7 Å². The first-order valence-electron chi connectivity index (χ1n) is 12.6. The van der Waals surface area contributed by atoms with Gasteiger partial charge < -0.3 is 10.2 Å².